The van der Waals surface area contributed by atoms with Gasteiger partial charge in [0.2, 0.25) is 6.29 Å². The lowest BCUT2D eigenvalue weighted by molar-refractivity contribution is -0.286. The van der Waals surface area contributed by atoms with Gasteiger partial charge < -0.3 is 44.5 Å². The van der Waals surface area contributed by atoms with Crippen molar-refractivity contribution in [2.75, 3.05) is 13.7 Å². The van der Waals surface area contributed by atoms with Crippen LogP contribution in [-0.4, -0.2) is 82.0 Å². The molecule has 2 aromatic carbocycles. The molecule has 1 heterocycles. The number of methoxy groups -OCH3 is 1. The monoisotopic (exact) mass is 496 g/mol. The van der Waals surface area contributed by atoms with E-state index in [9.17, 15) is 29.6 Å². The summed E-state index contributed by atoms with van der Waals surface area (Å²) in [5.74, 6) is -0.883. The molecule has 0 spiro atoms. The molecule has 3 rings (SSSR count). The molecule has 1 aliphatic heterocycles. The highest BCUT2D eigenvalue weighted by Gasteiger charge is 2.46. The zero-order chi connectivity index (χ0) is 25.7. The molecule has 10 nitrogen and oxygen atoms in total. The van der Waals surface area contributed by atoms with Gasteiger partial charge >= 0.3 is 5.97 Å². The van der Waals surface area contributed by atoms with Crippen LogP contribution in [0.2, 0.25) is 0 Å². The van der Waals surface area contributed by atoms with Crippen LogP contribution in [0.5, 0.6) is 11.5 Å². The van der Waals surface area contributed by atoms with Gasteiger partial charge in [-0.3, -0.25) is 0 Å². The minimum absolute atomic E-state index is 0.0652. The average molecular weight is 496 g/mol. The van der Waals surface area contributed by atoms with Crippen molar-refractivity contribution in [1.82, 2.24) is 0 Å². The van der Waals surface area contributed by atoms with Crippen LogP contribution in [0.3, 0.4) is 0 Å². The van der Waals surface area contributed by atoms with E-state index in [1.54, 1.807) is 24.3 Å². The Morgan fingerprint density at radius 1 is 1.09 bits per heavy atom. The summed E-state index contributed by atoms with van der Waals surface area (Å²) >= 11 is 0. The molecule has 5 N–H and O–H groups in total. The Morgan fingerprint density at radius 2 is 1.80 bits per heavy atom. The summed E-state index contributed by atoms with van der Waals surface area (Å²) in [4.78, 5) is 11.3. The van der Waals surface area contributed by atoms with Crippen molar-refractivity contribution in [3.05, 3.63) is 58.9 Å². The molecule has 0 radical (unpaired) electrons. The Morgan fingerprint density at radius 3 is 2.43 bits per heavy atom. The van der Waals surface area contributed by atoms with Gasteiger partial charge in [0.05, 0.1) is 13.2 Å². The minimum atomic E-state index is -1.67. The van der Waals surface area contributed by atoms with E-state index in [1.807, 2.05) is 0 Å². The SMILES string of the molecule is COc1ccc(Cc2ccc(COC(=O)CO)cc2O[C@@H]2O[C@H]([C@@H](C)O)[C@@H](O)[C@H](O)[C@H]2O)c(F)c1. The standard InChI is InChI=1S/C24H29FO10/c1-12(27)23-21(30)20(29)22(31)24(35-23)34-18-7-13(11-33-19(28)10-26)3-4-15(18)8-14-5-6-16(32-2)9-17(14)25/h3-7,9,12,20-24,26-27,29-31H,8,10-11H2,1-2H3/t12-,20+,21+,22-,23-,24-/m1/s1. The van der Waals surface area contributed by atoms with Crippen LogP contribution in [-0.2, 0) is 27.3 Å². The number of aliphatic hydroxyl groups excluding tert-OH is 5. The molecule has 35 heavy (non-hydrogen) atoms. The third kappa shape index (κ3) is 6.45. The summed E-state index contributed by atoms with van der Waals surface area (Å²) in [7, 11) is 1.42. The molecule has 0 aromatic heterocycles. The number of benzene rings is 2. The summed E-state index contributed by atoms with van der Waals surface area (Å²) in [6.07, 6.45) is -8.73. The Labute approximate surface area is 201 Å². The normalized spacial score (nSPS) is 25.1. The van der Waals surface area contributed by atoms with Crippen LogP contribution >= 0.6 is 0 Å². The van der Waals surface area contributed by atoms with E-state index in [0.717, 1.165) is 0 Å². The molecule has 0 aliphatic carbocycles. The molecule has 0 amide bonds. The fourth-order valence-electron chi connectivity index (χ4n) is 3.65. The number of esters is 1. The van der Waals surface area contributed by atoms with Crippen LogP contribution in [0.15, 0.2) is 36.4 Å². The second kappa shape index (κ2) is 11.8. The fraction of sp³-hybridized carbons (Fsp3) is 0.458. The smallest absolute Gasteiger partial charge is 0.332 e. The van der Waals surface area contributed by atoms with Gasteiger partial charge in [-0.2, -0.15) is 0 Å². The van der Waals surface area contributed by atoms with E-state index >= 15 is 0 Å². The van der Waals surface area contributed by atoms with E-state index < -0.39 is 55.2 Å². The minimum Gasteiger partial charge on any atom is -0.497 e. The lowest BCUT2D eigenvalue weighted by Gasteiger charge is -2.41. The first-order valence-corrected chi connectivity index (χ1v) is 10.9. The van der Waals surface area contributed by atoms with Crippen molar-refractivity contribution in [3.63, 3.8) is 0 Å². The summed E-state index contributed by atoms with van der Waals surface area (Å²) in [6, 6.07) is 9.08. The second-order valence-corrected chi connectivity index (χ2v) is 8.19. The van der Waals surface area contributed by atoms with Crippen LogP contribution < -0.4 is 9.47 Å². The molecule has 2 aromatic rings. The number of carbonyl (C=O) groups excluding carboxylic acids is 1. The molecule has 0 bridgehead atoms. The summed E-state index contributed by atoms with van der Waals surface area (Å²) < 4.78 is 35.9. The van der Waals surface area contributed by atoms with Gasteiger partial charge in [0, 0.05) is 12.5 Å². The van der Waals surface area contributed by atoms with Gasteiger partial charge in [-0.1, -0.05) is 18.2 Å². The fourth-order valence-corrected chi connectivity index (χ4v) is 3.65. The number of halogens is 1. The van der Waals surface area contributed by atoms with Gasteiger partial charge in [-0.05, 0) is 35.7 Å². The molecular formula is C24H29FO10. The van der Waals surface area contributed by atoms with Gasteiger partial charge in [0.15, 0.2) is 0 Å². The predicted octanol–water partition coefficient (Wildman–Crippen LogP) is 0.0278. The molecule has 1 aliphatic rings. The quantitative estimate of drug-likeness (QED) is 0.300. The first-order valence-electron chi connectivity index (χ1n) is 10.9. The number of ether oxygens (including phenoxy) is 4. The number of hydrogen-bond acceptors (Lipinski definition) is 10. The highest BCUT2D eigenvalue weighted by Crippen LogP contribution is 2.31. The molecule has 0 unspecified atom stereocenters. The molecule has 6 atom stereocenters. The van der Waals surface area contributed by atoms with E-state index in [0.29, 0.717) is 22.4 Å². The highest BCUT2D eigenvalue weighted by molar-refractivity contribution is 5.70. The molecule has 1 saturated heterocycles. The van der Waals surface area contributed by atoms with Crippen LogP contribution in [0.4, 0.5) is 4.39 Å². The third-order valence-electron chi connectivity index (χ3n) is 5.63. The van der Waals surface area contributed by atoms with Crippen molar-refractivity contribution in [3.8, 4) is 11.5 Å². The third-order valence-corrected chi connectivity index (χ3v) is 5.63. The molecule has 0 saturated carbocycles. The van der Waals surface area contributed by atoms with E-state index in [-0.39, 0.29) is 18.8 Å². The number of carbonyl (C=O) groups is 1. The van der Waals surface area contributed by atoms with Crippen molar-refractivity contribution in [1.29, 1.82) is 0 Å². The first-order chi connectivity index (χ1) is 16.6. The van der Waals surface area contributed by atoms with E-state index in [1.165, 1.54) is 26.2 Å². The first kappa shape index (κ1) is 26.8. The van der Waals surface area contributed by atoms with Gasteiger partial charge in [0.25, 0.3) is 0 Å². The van der Waals surface area contributed by atoms with E-state index in [4.69, 9.17) is 24.1 Å². The summed E-state index contributed by atoms with van der Waals surface area (Å²) in [5, 5.41) is 49.5. The van der Waals surface area contributed by atoms with Gasteiger partial charge in [-0.15, -0.1) is 0 Å². The van der Waals surface area contributed by atoms with Crippen LogP contribution in [0.25, 0.3) is 0 Å². The molecule has 11 heteroatoms. The van der Waals surface area contributed by atoms with Gasteiger partial charge in [-0.25, -0.2) is 9.18 Å². The molecule has 192 valence electrons. The maximum atomic E-state index is 14.6. The Bertz CT molecular complexity index is 1010. The predicted molar refractivity (Wildman–Crippen MR) is 118 cm³/mol. The number of rotatable bonds is 9. The maximum Gasteiger partial charge on any atom is 0.332 e. The summed E-state index contributed by atoms with van der Waals surface area (Å²) in [6.45, 7) is 0.364. The number of hydrogen-bond donors (Lipinski definition) is 5. The average Bonchev–Trinajstić information content (AvgIpc) is 2.84. The lowest BCUT2D eigenvalue weighted by Crippen LogP contribution is -2.61. The lowest BCUT2D eigenvalue weighted by atomic mass is 9.96. The Hall–Kier alpha value is -2.80. The van der Waals surface area contributed by atoms with Crippen molar-refractivity contribution < 1.29 is 53.7 Å². The second-order valence-electron chi connectivity index (χ2n) is 8.19. The van der Waals surface area contributed by atoms with Gasteiger partial charge in [0.1, 0.15) is 54.9 Å². The van der Waals surface area contributed by atoms with Crippen molar-refractivity contribution in [2.45, 2.75) is 56.8 Å². The van der Waals surface area contributed by atoms with Crippen LogP contribution in [0, 0.1) is 5.82 Å². The van der Waals surface area contributed by atoms with Crippen molar-refractivity contribution >= 4 is 5.97 Å². The van der Waals surface area contributed by atoms with E-state index in [2.05, 4.69) is 0 Å². The Kier molecular flexibility index (Phi) is 9.00. The Balaban J connectivity index is 1.91. The molecule has 1 fully saturated rings. The highest BCUT2D eigenvalue weighted by atomic mass is 19.1. The largest absolute Gasteiger partial charge is 0.497 e. The maximum absolute atomic E-state index is 14.6. The molecular weight excluding hydrogens is 467 g/mol. The zero-order valence-electron chi connectivity index (χ0n) is 19.2. The topological polar surface area (TPSA) is 155 Å². The van der Waals surface area contributed by atoms with Crippen LogP contribution in [0.1, 0.15) is 23.6 Å². The van der Waals surface area contributed by atoms with Crippen molar-refractivity contribution in [2.24, 2.45) is 0 Å². The number of aliphatic hydroxyl groups is 5. The summed E-state index contributed by atoms with van der Waals surface area (Å²) in [5.41, 5.74) is 1.24. The zero-order valence-corrected chi connectivity index (χ0v) is 19.2.